The van der Waals surface area contributed by atoms with E-state index in [4.69, 9.17) is 33.5 Å². The lowest BCUT2D eigenvalue weighted by Gasteiger charge is -2.08. The predicted molar refractivity (Wildman–Crippen MR) is 118 cm³/mol. The fraction of sp³-hybridized carbons (Fsp3) is 0.0455. The first-order chi connectivity index (χ1) is 14.9. The van der Waals surface area contributed by atoms with E-state index in [1.807, 2.05) is 0 Å². The van der Waals surface area contributed by atoms with Crippen LogP contribution in [-0.4, -0.2) is 16.0 Å². The van der Waals surface area contributed by atoms with Crippen molar-refractivity contribution in [1.29, 1.82) is 0 Å². The lowest BCUT2D eigenvalue weighted by molar-refractivity contribution is -0.115. The van der Waals surface area contributed by atoms with Gasteiger partial charge in [0.05, 0.1) is 17.7 Å². The Morgan fingerprint density at radius 3 is 2.58 bits per heavy atom. The van der Waals surface area contributed by atoms with Gasteiger partial charge in [-0.25, -0.2) is 4.39 Å². The van der Waals surface area contributed by atoms with Crippen molar-refractivity contribution >= 4 is 40.7 Å². The van der Waals surface area contributed by atoms with Crippen LogP contribution in [0.1, 0.15) is 5.56 Å². The SMILES string of the molecule is Nc1cccnc1-c1c(-c2ccc(F)cc2)noc1NC(=O)Cc1ccc(Cl)cc1Cl. The molecule has 0 unspecified atom stereocenters. The summed E-state index contributed by atoms with van der Waals surface area (Å²) in [5.74, 6) is -0.707. The number of rotatable bonds is 5. The Morgan fingerprint density at radius 2 is 1.87 bits per heavy atom. The molecule has 2 aromatic carbocycles. The molecule has 1 amide bonds. The number of aromatic nitrogens is 2. The Bertz CT molecular complexity index is 1260. The minimum Gasteiger partial charge on any atom is -0.397 e. The summed E-state index contributed by atoms with van der Waals surface area (Å²) < 4.78 is 18.8. The second kappa shape index (κ2) is 8.75. The van der Waals surface area contributed by atoms with Gasteiger partial charge in [0.15, 0.2) is 0 Å². The highest BCUT2D eigenvalue weighted by Gasteiger charge is 2.24. The van der Waals surface area contributed by atoms with Crippen molar-refractivity contribution in [1.82, 2.24) is 10.1 Å². The van der Waals surface area contributed by atoms with Gasteiger partial charge in [0.2, 0.25) is 11.8 Å². The maximum Gasteiger partial charge on any atom is 0.241 e. The largest absolute Gasteiger partial charge is 0.397 e. The molecule has 0 radical (unpaired) electrons. The first kappa shape index (κ1) is 20.8. The van der Waals surface area contributed by atoms with Gasteiger partial charge in [-0.1, -0.05) is 34.4 Å². The Morgan fingerprint density at radius 1 is 1.10 bits per heavy atom. The fourth-order valence-electron chi connectivity index (χ4n) is 3.04. The molecule has 2 aromatic heterocycles. The van der Waals surface area contributed by atoms with Crippen LogP contribution in [0.25, 0.3) is 22.5 Å². The number of nitrogens with one attached hydrogen (secondary N) is 1. The Hall–Kier alpha value is -3.42. The molecule has 0 aliphatic carbocycles. The van der Waals surface area contributed by atoms with Crippen molar-refractivity contribution in [3.8, 4) is 22.5 Å². The highest BCUT2D eigenvalue weighted by Crippen LogP contribution is 2.39. The molecule has 0 aliphatic rings. The van der Waals surface area contributed by atoms with E-state index in [2.05, 4.69) is 15.5 Å². The third-order valence-corrected chi connectivity index (χ3v) is 5.09. The van der Waals surface area contributed by atoms with Gasteiger partial charge >= 0.3 is 0 Å². The number of carbonyl (C=O) groups excluding carboxylic acids is 1. The monoisotopic (exact) mass is 456 g/mol. The van der Waals surface area contributed by atoms with Crippen molar-refractivity contribution in [3.63, 3.8) is 0 Å². The molecule has 0 saturated carbocycles. The zero-order valence-electron chi connectivity index (χ0n) is 15.9. The third kappa shape index (κ3) is 4.52. The maximum atomic E-state index is 13.4. The van der Waals surface area contributed by atoms with Crippen LogP contribution in [0.2, 0.25) is 10.0 Å². The highest BCUT2D eigenvalue weighted by atomic mass is 35.5. The van der Waals surface area contributed by atoms with Gasteiger partial charge in [-0.2, -0.15) is 0 Å². The van der Waals surface area contributed by atoms with Crippen molar-refractivity contribution < 1.29 is 13.7 Å². The van der Waals surface area contributed by atoms with E-state index in [0.717, 1.165) is 0 Å². The van der Waals surface area contributed by atoms with Crippen molar-refractivity contribution in [3.05, 3.63) is 82.2 Å². The van der Waals surface area contributed by atoms with Crippen molar-refractivity contribution in [2.45, 2.75) is 6.42 Å². The van der Waals surface area contributed by atoms with Crippen LogP contribution in [-0.2, 0) is 11.2 Å². The molecule has 156 valence electrons. The highest BCUT2D eigenvalue weighted by molar-refractivity contribution is 6.35. The van der Waals surface area contributed by atoms with Crippen LogP contribution in [0.4, 0.5) is 16.0 Å². The van der Waals surface area contributed by atoms with Crippen molar-refractivity contribution in [2.24, 2.45) is 0 Å². The number of hydrogen-bond donors (Lipinski definition) is 2. The number of benzene rings is 2. The molecular weight excluding hydrogens is 442 g/mol. The van der Waals surface area contributed by atoms with Crippen LogP contribution < -0.4 is 11.1 Å². The molecule has 0 aliphatic heterocycles. The summed E-state index contributed by atoms with van der Waals surface area (Å²) in [4.78, 5) is 17.0. The van der Waals surface area contributed by atoms with Crippen LogP contribution in [0.3, 0.4) is 0 Å². The van der Waals surface area contributed by atoms with Crippen LogP contribution in [0.15, 0.2) is 65.3 Å². The number of hydrogen-bond acceptors (Lipinski definition) is 5. The number of pyridine rings is 1. The molecule has 0 fully saturated rings. The standard InChI is InChI=1S/C22H15Cl2FN4O2/c23-14-6-3-13(16(24)11-14)10-18(30)28-22-19(21-17(26)2-1-9-27-21)20(29-31-22)12-4-7-15(25)8-5-12/h1-9,11H,10,26H2,(H,28,30). The first-order valence-corrected chi connectivity index (χ1v) is 9.88. The summed E-state index contributed by atoms with van der Waals surface area (Å²) in [5, 5.41) is 7.62. The Kier molecular flexibility index (Phi) is 5.88. The summed E-state index contributed by atoms with van der Waals surface area (Å²) >= 11 is 12.1. The van der Waals surface area contributed by atoms with Gasteiger partial charge in [-0.15, -0.1) is 0 Å². The van der Waals surface area contributed by atoms with E-state index in [-0.39, 0.29) is 24.0 Å². The van der Waals surface area contributed by atoms with E-state index >= 15 is 0 Å². The van der Waals surface area contributed by atoms with Gasteiger partial charge < -0.3 is 10.3 Å². The predicted octanol–water partition coefficient (Wildman–Crippen LogP) is 5.61. The molecule has 2 heterocycles. The summed E-state index contributed by atoms with van der Waals surface area (Å²) in [6.45, 7) is 0. The minimum atomic E-state index is -0.389. The van der Waals surface area contributed by atoms with E-state index in [1.54, 1.807) is 48.7 Å². The summed E-state index contributed by atoms with van der Waals surface area (Å²) in [7, 11) is 0. The first-order valence-electron chi connectivity index (χ1n) is 9.12. The molecule has 6 nitrogen and oxygen atoms in total. The van der Waals surface area contributed by atoms with Gasteiger partial charge in [0.25, 0.3) is 0 Å². The smallest absolute Gasteiger partial charge is 0.241 e. The number of anilines is 2. The molecule has 0 spiro atoms. The van der Waals surface area contributed by atoms with Crippen LogP contribution >= 0.6 is 23.2 Å². The normalized spacial score (nSPS) is 10.8. The molecule has 31 heavy (non-hydrogen) atoms. The summed E-state index contributed by atoms with van der Waals surface area (Å²) in [6, 6.07) is 13.9. The van der Waals surface area contributed by atoms with Crippen LogP contribution in [0, 0.1) is 5.82 Å². The average Bonchev–Trinajstić information content (AvgIpc) is 3.14. The number of nitrogen functional groups attached to an aromatic ring is 1. The zero-order chi connectivity index (χ0) is 22.0. The van der Waals surface area contributed by atoms with Gasteiger partial charge in [-0.05, 0) is 54.1 Å². The second-order valence-electron chi connectivity index (χ2n) is 6.64. The molecule has 9 heteroatoms. The summed E-state index contributed by atoms with van der Waals surface area (Å²) in [5.41, 5.74) is 8.78. The molecule has 0 atom stereocenters. The quantitative estimate of drug-likeness (QED) is 0.406. The van der Waals surface area contributed by atoms with Gasteiger partial charge in [-0.3, -0.25) is 15.1 Å². The average molecular weight is 457 g/mol. The fourth-order valence-corrected chi connectivity index (χ4v) is 3.51. The number of halogens is 3. The van der Waals surface area contributed by atoms with Gasteiger partial charge in [0, 0.05) is 21.8 Å². The molecule has 4 aromatic rings. The van der Waals surface area contributed by atoms with E-state index in [0.29, 0.717) is 43.8 Å². The van der Waals surface area contributed by atoms with Crippen molar-refractivity contribution in [2.75, 3.05) is 11.1 Å². The van der Waals surface area contributed by atoms with E-state index in [1.165, 1.54) is 12.1 Å². The van der Waals surface area contributed by atoms with E-state index < -0.39 is 0 Å². The second-order valence-corrected chi connectivity index (χ2v) is 7.49. The topological polar surface area (TPSA) is 94.0 Å². The lowest BCUT2D eigenvalue weighted by atomic mass is 10.0. The van der Waals surface area contributed by atoms with E-state index in [9.17, 15) is 9.18 Å². The number of nitrogens with zero attached hydrogens (tertiary/aromatic N) is 2. The van der Waals surface area contributed by atoms with Gasteiger partial charge in [0.1, 0.15) is 17.2 Å². The Labute approximate surface area is 186 Å². The van der Waals surface area contributed by atoms with Crippen LogP contribution in [0.5, 0.6) is 0 Å². The number of amides is 1. The maximum absolute atomic E-state index is 13.4. The minimum absolute atomic E-state index is 0.0142. The zero-order valence-corrected chi connectivity index (χ0v) is 17.4. The number of carbonyl (C=O) groups is 1. The molecular formula is C22H15Cl2FN4O2. The Balaban J connectivity index is 1.71. The molecule has 0 saturated heterocycles. The summed E-state index contributed by atoms with van der Waals surface area (Å²) in [6.07, 6.45) is 1.55. The molecule has 4 rings (SSSR count). The lowest BCUT2D eigenvalue weighted by Crippen LogP contribution is -2.15. The molecule has 3 N–H and O–H groups in total. The number of nitrogens with two attached hydrogens (primary N) is 1. The molecule has 0 bridgehead atoms. The third-order valence-electron chi connectivity index (χ3n) is 4.50.